The SMILES string of the molecule is CCC(NC(=S)NC(=O)c1cc(OC)c(OC)c(OC)c1)c1ccccc1. The number of nitrogens with one attached hydrogen (secondary N) is 2. The second-order valence-corrected chi connectivity index (χ2v) is 6.12. The summed E-state index contributed by atoms with van der Waals surface area (Å²) in [6.07, 6.45) is 0.824. The van der Waals surface area contributed by atoms with E-state index in [-0.39, 0.29) is 17.1 Å². The van der Waals surface area contributed by atoms with Crippen molar-refractivity contribution in [2.45, 2.75) is 19.4 Å². The van der Waals surface area contributed by atoms with E-state index in [1.165, 1.54) is 21.3 Å². The molecule has 1 amide bonds. The zero-order chi connectivity index (χ0) is 19.8. The van der Waals surface area contributed by atoms with E-state index in [0.717, 1.165) is 12.0 Å². The van der Waals surface area contributed by atoms with Crippen LogP contribution in [-0.4, -0.2) is 32.3 Å². The number of thiocarbonyl (C=S) groups is 1. The number of hydrogen-bond acceptors (Lipinski definition) is 5. The van der Waals surface area contributed by atoms with Gasteiger partial charge in [0.05, 0.1) is 27.4 Å². The first-order valence-corrected chi connectivity index (χ1v) is 8.91. The van der Waals surface area contributed by atoms with Gasteiger partial charge in [-0.3, -0.25) is 10.1 Å². The Morgan fingerprint density at radius 2 is 1.63 bits per heavy atom. The highest BCUT2D eigenvalue weighted by Gasteiger charge is 2.18. The van der Waals surface area contributed by atoms with E-state index in [0.29, 0.717) is 22.8 Å². The molecule has 0 aliphatic carbocycles. The summed E-state index contributed by atoms with van der Waals surface area (Å²) < 4.78 is 15.8. The Labute approximate surface area is 164 Å². The Balaban J connectivity index is 2.13. The molecule has 2 aromatic carbocycles. The lowest BCUT2D eigenvalue weighted by atomic mass is 10.1. The minimum atomic E-state index is -0.366. The van der Waals surface area contributed by atoms with Crippen LogP contribution in [0.1, 0.15) is 35.3 Å². The number of methoxy groups -OCH3 is 3. The summed E-state index contributed by atoms with van der Waals surface area (Å²) >= 11 is 5.31. The van der Waals surface area contributed by atoms with E-state index < -0.39 is 0 Å². The van der Waals surface area contributed by atoms with E-state index in [1.807, 2.05) is 37.3 Å². The van der Waals surface area contributed by atoms with Crippen LogP contribution in [0.15, 0.2) is 42.5 Å². The van der Waals surface area contributed by atoms with Crippen LogP contribution in [0.2, 0.25) is 0 Å². The van der Waals surface area contributed by atoms with E-state index in [2.05, 4.69) is 10.6 Å². The van der Waals surface area contributed by atoms with Gasteiger partial charge in [0, 0.05) is 5.56 Å². The molecule has 2 N–H and O–H groups in total. The third-order valence-electron chi connectivity index (χ3n) is 4.07. The largest absolute Gasteiger partial charge is 0.493 e. The molecule has 0 radical (unpaired) electrons. The summed E-state index contributed by atoms with van der Waals surface area (Å²) in [4.78, 5) is 12.6. The molecule has 0 aliphatic heterocycles. The van der Waals surface area contributed by atoms with Crippen LogP contribution < -0.4 is 24.8 Å². The standard InChI is InChI=1S/C20H24N2O4S/c1-5-15(13-9-7-6-8-10-13)21-20(27)22-19(23)14-11-16(24-2)18(26-4)17(12-14)25-3/h6-12,15H,5H2,1-4H3,(H2,21,22,23,27). The molecule has 0 aliphatic rings. The monoisotopic (exact) mass is 388 g/mol. The van der Waals surface area contributed by atoms with Crippen LogP contribution in [0.5, 0.6) is 17.2 Å². The topological polar surface area (TPSA) is 68.8 Å². The van der Waals surface area contributed by atoms with Gasteiger partial charge in [-0.25, -0.2) is 0 Å². The highest BCUT2D eigenvalue weighted by Crippen LogP contribution is 2.38. The minimum absolute atomic E-state index is 0.0129. The van der Waals surface area contributed by atoms with Gasteiger partial charge in [0.1, 0.15) is 0 Å². The number of carbonyl (C=O) groups is 1. The Kier molecular flexibility index (Phi) is 7.43. The quantitative estimate of drug-likeness (QED) is 0.708. The lowest BCUT2D eigenvalue weighted by molar-refractivity contribution is 0.0975. The van der Waals surface area contributed by atoms with Crippen molar-refractivity contribution in [2.75, 3.05) is 21.3 Å². The zero-order valence-electron chi connectivity index (χ0n) is 15.9. The highest BCUT2D eigenvalue weighted by atomic mass is 32.1. The van der Waals surface area contributed by atoms with Crippen molar-refractivity contribution in [1.29, 1.82) is 0 Å². The Hall–Kier alpha value is -2.80. The number of benzene rings is 2. The first-order chi connectivity index (χ1) is 13.0. The van der Waals surface area contributed by atoms with E-state index in [1.54, 1.807) is 12.1 Å². The molecule has 0 aromatic heterocycles. The van der Waals surface area contributed by atoms with Gasteiger partial charge in [-0.15, -0.1) is 0 Å². The van der Waals surface area contributed by atoms with Crippen LogP contribution in [0.4, 0.5) is 0 Å². The van der Waals surface area contributed by atoms with Gasteiger partial charge in [0.25, 0.3) is 5.91 Å². The molecule has 0 fully saturated rings. The fourth-order valence-electron chi connectivity index (χ4n) is 2.69. The maximum absolute atomic E-state index is 12.6. The molecule has 144 valence electrons. The molecule has 2 aromatic rings. The molecule has 0 saturated carbocycles. The van der Waals surface area contributed by atoms with Crippen molar-refractivity contribution in [3.63, 3.8) is 0 Å². The summed E-state index contributed by atoms with van der Waals surface area (Å²) in [7, 11) is 4.50. The van der Waals surface area contributed by atoms with Gasteiger partial charge in [-0.2, -0.15) is 0 Å². The Morgan fingerprint density at radius 1 is 1.04 bits per heavy atom. The number of ether oxygens (including phenoxy) is 3. The lowest BCUT2D eigenvalue weighted by Crippen LogP contribution is -2.40. The first-order valence-electron chi connectivity index (χ1n) is 8.50. The van der Waals surface area contributed by atoms with Crippen LogP contribution in [0.3, 0.4) is 0 Å². The second kappa shape index (κ2) is 9.78. The Bertz CT molecular complexity index is 771. The average Bonchev–Trinajstić information content (AvgIpc) is 2.71. The summed E-state index contributed by atoms with van der Waals surface area (Å²) in [5.41, 5.74) is 1.45. The molecule has 0 spiro atoms. The molecule has 6 nitrogen and oxygen atoms in total. The van der Waals surface area contributed by atoms with Crippen molar-refractivity contribution in [2.24, 2.45) is 0 Å². The second-order valence-electron chi connectivity index (χ2n) is 5.71. The zero-order valence-corrected chi connectivity index (χ0v) is 16.7. The third-order valence-corrected chi connectivity index (χ3v) is 4.29. The first kappa shape index (κ1) is 20.5. The summed E-state index contributed by atoms with van der Waals surface area (Å²) in [6.45, 7) is 2.05. The van der Waals surface area contributed by atoms with Crippen molar-refractivity contribution in [1.82, 2.24) is 10.6 Å². The van der Waals surface area contributed by atoms with Crippen LogP contribution in [0, 0.1) is 0 Å². The fourth-order valence-corrected chi connectivity index (χ4v) is 2.92. The van der Waals surface area contributed by atoms with Gasteiger partial charge in [-0.1, -0.05) is 37.3 Å². The van der Waals surface area contributed by atoms with Crippen LogP contribution >= 0.6 is 12.2 Å². The lowest BCUT2D eigenvalue weighted by Gasteiger charge is -2.20. The third kappa shape index (κ3) is 5.10. The smallest absolute Gasteiger partial charge is 0.257 e. The maximum atomic E-state index is 12.6. The molecule has 1 unspecified atom stereocenters. The van der Waals surface area contributed by atoms with Gasteiger partial charge in [-0.05, 0) is 36.3 Å². The van der Waals surface area contributed by atoms with Crippen molar-refractivity contribution >= 4 is 23.2 Å². The van der Waals surface area contributed by atoms with Gasteiger partial charge in [0.2, 0.25) is 5.75 Å². The average molecular weight is 388 g/mol. The Morgan fingerprint density at radius 3 is 2.11 bits per heavy atom. The molecule has 0 saturated heterocycles. The molecule has 27 heavy (non-hydrogen) atoms. The predicted molar refractivity (Wildman–Crippen MR) is 109 cm³/mol. The maximum Gasteiger partial charge on any atom is 0.257 e. The van der Waals surface area contributed by atoms with Crippen molar-refractivity contribution < 1.29 is 19.0 Å². The van der Waals surface area contributed by atoms with Crippen molar-refractivity contribution in [3.8, 4) is 17.2 Å². The fraction of sp³-hybridized carbons (Fsp3) is 0.300. The normalized spacial score (nSPS) is 11.3. The molecule has 2 rings (SSSR count). The van der Waals surface area contributed by atoms with Gasteiger partial charge < -0.3 is 19.5 Å². The highest BCUT2D eigenvalue weighted by molar-refractivity contribution is 7.80. The number of carbonyl (C=O) groups excluding carboxylic acids is 1. The predicted octanol–water partition coefficient (Wildman–Crippen LogP) is 3.47. The minimum Gasteiger partial charge on any atom is -0.493 e. The van der Waals surface area contributed by atoms with E-state index in [4.69, 9.17) is 26.4 Å². The number of hydrogen-bond donors (Lipinski definition) is 2. The summed E-state index contributed by atoms with van der Waals surface area (Å²) in [6, 6.07) is 13.1. The van der Waals surface area contributed by atoms with Gasteiger partial charge in [0.15, 0.2) is 16.6 Å². The number of amides is 1. The van der Waals surface area contributed by atoms with E-state index in [9.17, 15) is 4.79 Å². The molecule has 1 atom stereocenters. The number of rotatable bonds is 7. The summed E-state index contributed by atoms with van der Waals surface area (Å²) in [5.74, 6) is 0.857. The van der Waals surface area contributed by atoms with Gasteiger partial charge >= 0.3 is 0 Å². The van der Waals surface area contributed by atoms with E-state index >= 15 is 0 Å². The molecule has 0 bridgehead atoms. The van der Waals surface area contributed by atoms with Crippen LogP contribution in [0.25, 0.3) is 0 Å². The molecular formula is C20H24N2O4S. The molecule has 0 heterocycles. The van der Waals surface area contributed by atoms with Crippen LogP contribution in [-0.2, 0) is 0 Å². The molecular weight excluding hydrogens is 364 g/mol. The molecule has 7 heteroatoms. The summed E-state index contributed by atoms with van der Waals surface area (Å²) in [5, 5.41) is 6.13. The van der Waals surface area contributed by atoms with Crippen molar-refractivity contribution in [3.05, 3.63) is 53.6 Å².